The van der Waals surface area contributed by atoms with Crippen molar-refractivity contribution >= 4 is 34.5 Å². The van der Waals surface area contributed by atoms with Crippen LogP contribution in [0.2, 0.25) is 5.02 Å². The van der Waals surface area contributed by atoms with E-state index in [9.17, 15) is 4.79 Å². The molecule has 0 saturated heterocycles. The summed E-state index contributed by atoms with van der Waals surface area (Å²) in [5.74, 6) is 1.61. The summed E-state index contributed by atoms with van der Waals surface area (Å²) in [6, 6.07) is 22.7. The molecule has 0 saturated carbocycles. The van der Waals surface area contributed by atoms with Gasteiger partial charge < -0.3 is 18.9 Å². The quantitative estimate of drug-likeness (QED) is 0.152. The van der Waals surface area contributed by atoms with Crippen LogP contribution in [0.3, 0.4) is 0 Å². The van der Waals surface area contributed by atoms with Gasteiger partial charge in [0.1, 0.15) is 6.61 Å². The average Bonchev–Trinajstić information content (AvgIpc) is 2.95. The summed E-state index contributed by atoms with van der Waals surface area (Å²) >= 11 is 6.60. The molecule has 0 heterocycles. The second kappa shape index (κ2) is 13.5. The zero-order chi connectivity index (χ0) is 27.6. The van der Waals surface area contributed by atoms with Gasteiger partial charge in [0.2, 0.25) is 0 Å². The number of rotatable bonds is 12. The Bertz CT molecular complexity index is 1470. The number of hydrazone groups is 1. The highest BCUT2D eigenvalue weighted by Gasteiger charge is 2.14. The molecule has 0 atom stereocenters. The molecule has 0 radical (unpaired) electrons. The Hall–Kier alpha value is -4.23. The predicted molar refractivity (Wildman–Crippen MR) is 155 cm³/mol. The Morgan fingerprint density at radius 3 is 2.54 bits per heavy atom. The van der Waals surface area contributed by atoms with Crippen LogP contribution >= 0.6 is 11.6 Å². The van der Waals surface area contributed by atoms with Gasteiger partial charge in [-0.25, -0.2) is 5.43 Å². The molecule has 0 aliphatic carbocycles. The fourth-order valence-electron chi connectivity index (χ4n) is 4.00. The molecule has 7 nitrogen and oxygen atoms in total. The van der Waals surface area contributed by atoms with Crippen molar-refractivity contribution in [2.75, 3.05) is 20.3 Å². The Morgan fingerprint density at radius 2 is 1.74 bits per heavy atom. The van der Waals surface area contributed by atoms with Crippen molar-refractivity contribution in [1.82, 2.24) is 5.43 Å². The Morgan fingerprint density at radius 1 is 0.923 bits per heavy atom. The van der Waals surface area contributed by atoms with E-state index in [1.807, 2.05) is 38.1 Å². The van der Waals surface area contributed by atoms with Gasteiger partial charge in [-0.05, 0) is 65.6 Å². The summed E-state index contributed by atoms with van der Waals surface area (Å²) in [6.07, 6.45) is 2.36. The minimum atomic E-state index is -0.391. The highest BCUT2D eigenvalue weighted by molar-refractivity contribution is 6.32. The minimum Gasteiger partial charge on any atom is -0.493 e. The summed E-state index contributed by atoms with van der Waals surface area (Å²) in [6.45, 7) is 5.22. The summed E-state index contributed by atoms with van der Waals surface area (Å²) in [7, 11) is 1.53. The molecule has 0 aliphatic rings. The molecule has 0 bridgehead atoms. The van der Waals surface area contributed by atoms with Gasteiger partial charge in [0, 0.05) is 5.56 Å². The van der Waals surface area contributed by atoms with Gasteiger partial charge in [-0.1, -0.05) is 61.0 Å². The summed E-state index contributed by atoms with van der Waals surface area (Å²) in [5.41, 5.74) is 4.60. The number of ether oxygens (including phenoxy) is 4. The first-order valence-electron chi connectivity index (χ1n) is 12.7. The topological polar surface area (TPSA) is 78.4 Å². The first-order valence-corrected chi connectivity index (χ1v) is 13.1. The zero-order valence-electron chi connectivity index (χ0n) is 22.2. The maximum atomic E-state index is 12.6. The molecule has 4 rings (SSSR count). The van der Waals surface area contributed by atoms with Crippen molar-refractivity contribution < 1.29 is 23.7 Å². The van der Waals surface area contributed by atoms with Crippen LogP contribution in [0.15, 0.2) is 77.9 Å². The molecule has 0 aromatic heterocycles. The van der Waals surface area contributed by atoms with Gasteiger partial charge in [0.05, 0.1) is 31.6 Å². The molecule has 0 unspecified atom stereocenters. The van der Waals surface area contributed by atoms with Crippen LogP contribution in [0.25, 0.3) is 10.8 Å². The molecule has 0 aliphatic heterocycles. The number of nitrogens with zero attached hydrogens (tertiary/aromatic N) is 1. The van der Waals surface area contributed by atoms with Crippen LogP contribution in [0.5, 0.6) is 23.0 Å². The van der Waals surface area contributed by atoms with Crippen LogP contribution in [0, 0.1) is 0 Å². The van der Waals surface area contributed by atoms with Gasteiger partial charge in [0.15, 0.2) is 23.0 Å². The number of carbonyl (C=O) groups excluding carboxylic acids is 1. The van der Waals surface area contributed by atoms with E-state index in [-0.39, 0.29) is 0 Å². The highest BCUT2D eigenvalue weighted by atomic mass is 35.5. The predicted octanol–water partition coefficient (Wildman–Crippen LogP) is 7.03. The normalized spacial score (nSPS) is 11.0. The monoisotopic (exact) mass is 546 g/mol. The summed E-state index contributed by atoms with van der Waals surface area (Å²) < 4.78 is 22.9. The lowest BCUT2D eigenvalue weighted by molar-refractivity contribution is 0.0954. The van der Waals surface area contributed by atoms with E-state index in [0.29, 0.717) is 59.0 Å². The molecule has 4 aromatic carbocycles. The third-order valence-electron chi connectivity index (χ3n) is 5.85. The van der Waals surface area contributed by atoms with Crippen molar-refractivity contribution in [3.8, 4) is 23.0 Å². The van der Waals surface area contributed by atoms with E-state index < -0.39 is 5.91 Å². The van der Waals surface area contributed by atoms with Crippen molar-refractivity contribution in [3.05, 3.63) is 94.5 Å². The molecule has 0 fully saturated rings. The minimum absolute atomic E-state index is 0.330. The molecule has 4 aromatic rings. The van der Waals surface area contributed by atoms with Crippen LogP contribution in [-0.4, -0.2) is 32.4 Å². The number of nitrogens with one attached hydrogen (secondary N) is 1. The van der Waals surface area contributed by atoms with Crippen molar-refractivity contribution in [2.24, 2.45) is 5.10 Å². The van der Waals surface area contributed by atoms with E-state index in [1.165, 1.54) is 13.3 Å². The zero-order valence-corrected chi connectivity index (χ0v) is 23.0. The number of amides is 1. The summed E-state index contributed by atoms with van der Waals surface area (Å²) in [4.78, 5) is 12.6. The van der Waals surface area contributed by atoms with E-state index >= 15 is 0 Å². The molecule has 0 spiro atoms. The van der Waals surface area contributed by atoms with Gasteiger partial charge in [-0.15, -0.1) is 0 Å². The Labute approximate surface area is 233 Å². The molecular formula is C31H31ClN2O5. The smallest absolute Gasteiger partial charge is 0.271 e. The maximum Gasteiger partial charge on any atom is 0.271 e. The molecule has 39 heavy (non-hydrogen) atoms. The molecule has 8 heteroatoms. The number of hydrogen-bond acceptors (Lipinski definition) is 6. The van der Waals surface area contributed by atoms with Gasteiger partial charge in [-0.2, -0.15) is 5.10 Å². The average molecular weight is 547 g/mol. The fourth-order valence-corrected chi connectivity index (χ4v) is 4.28. The van der Waals surface area contributed by atoms with Crippen LogP contribution in [-0.2, 0) is 6.61 Å². The van der Waals surface area contributed by atoms with Crippen molar-refractivity contribution in [1.29, 1.82) is 0 Å². The third-order valence-corrected chi connectivity index (χ3v) is 6.13. The largest absolute Gasteiger partial charge is 0.493 e. The Kier molecular flexibility index (Phi) is 9.64. The number of hydrogen-bond donors (Lipinski definition) is 1. The maximum absolute atomic E-state index is 12.6. The summed E-state index contributed by atoms with van der Waals surface area (Å²) in [5, 5.41) is 6.73. The molecular weight excluding hydrogens is 516 g/mol. The number of halogens is 1. The lowest BCUT2D eigenvalue weighted by Gasteiger charge is -2.15. The van der Waals surface area contributed by atoms with Crippen LogP contribution < -0.4 is 24.4 Å². The SMILES string of the molecule is CCCOc1ccc(C(=O)N/N=C/c2cc(Cl)c(OCc3cccc4ccccc34)c(OCC)c2)cc1OC. The van der Waals surface area contributed by atoms with Crippen molar-refractivity contribution in [2.45, 2.75) is 26.9 Å². The first-order chi connectivity index (χ1) is 19.0. The van der Waals surface area contributed by atoms with Gasteiger partial charge in [0.25, 0.3) is 5.91 Å². The molecule has 1 amide bonds. The van der Waals surface area contributed by atoms with E-state index in [0.717, 1.165) is 22.8 Å². The van der Waals surface area contributed by atoms with E-state index in [4.69, 9.17) is 30.5 Å². The number of fused-ring (bicyclic) bond motifs is 1. The number of benzene rings is 4. The Balaban J connectivity index is 1.46. The van der Waals surface area contributed by atoms with Gasteiger partial charge in [-0.3, -0.25) is 4.79 Å². The molecule has 202 valence electrons. The highest BCUT2D eigenvalue weighted by Crippen LogP contribution is 2.37. The first kappa shape index (κ1) is 27.8. The second-order valence-electron chi connectivity index (χ2n) is 8.60. The van der Waals surface area contributed by atoms with Gasteiger partial charge >= 0.3 is 0 Å². The fraction of sp³-hybridized carbons (Fsp3) is 0.226. The van der Waals surface area contributed by atoms with E-state index in [1.54, 1.807) is 30.3 Å². The second-order valence-corrected chi connectivity index (χ2v) is 9.01. The number of methoxy groups -OCH3 is 1. The third kappa shape index (κ3) is 7.00. The van der Waals surface area contributed by atoms with Crippen molar-refractivity contribution in [3.63, 3.8) is 0 Å². The lowest BCUT2D eigenvalue weighted by Crippen LogP contribution is -2.17. The van der Waals surface area contributed by atoms with E-state index in [2.05, 4.69) is 28.7 Å². The van der Waals surface area contributed by atoms with Crippen LogP contribution in [0.1, 0.15) is 41.8 Å². The van der Waals surface area contributed by atoms with Crippen LogP contribution in [0.4, 0.5) is 0 Å². The standard InChI is InChI=1S/C31H31ClN2O5/c1-4-15-38-27-14-13-23(18-28(27)36-3)31(35)34-33-19-21-16-26(32)30(29(17-21)37-5-2)39-20-24-11-8-10-22-9-6-7-12-25(22)24/h6-14,16-19H,4-5,15,20H2,1-3H3,(H,34,35)/b33-19+. The number of carbonyl (C=O) groups is 1. The molecule has 1 N–H and O–H groups in total. The lowest BCUT2D eigenvalue weighted by atomic mass is 10.1.